The predicted octanol–water partition coefficient (Wildman–Crippen LogP) is 5.59. The number of carbonyl (C=O) groups is 2. The molecule has 1 saturated carbocycles. The van der Waals surface area contributed by atoms with E-state index >= 15 is 4.39 Å². The average Bonchev–Trinajstić information content (AvgIpc) is 3.66. The zero-order valence-electron chi connectivity index (χ0n) is 22.8. The summed E-state index contributed by atoms with van der Waals surface area (Å²) in [6, 6.07) is 15.5. The fraction of sp³-hybridized carbons (Fsp3) is 0.188. The predicted molar refractivity (Wildman–Crippen MR) is 151 cm³/mol. The van der Waals surface area contributed by atoms with Crippen LogP contribution in [0.3, 0.4) is 0 Å². The van der Waals surface area contributed by atoms with E-state index in [1.54, 1.807) is 36.5 Å². The van der Waals surface area contributed by atoms with Gasteiger partial charge in [-0.1, -0.05) is 6.07 Å². The lowest BCUT2D eigenvalue weighted by atomic mass is 9.95. The number of nitrogens with two attached hydrogens (primary N) is 1. The Balaban J connectivity index is 1.37. The molecule has 2 aromatic heterocycles. The van der Waals surface area contributed by atoms with Crippen LogP contribution >= 0.6 is 0 Å². The smallest absolute Gasteiger partial charge is 0.255 e. The van der Waals surface area contributed by atoms with Gasteiger partial charge in [0.2, 0.25) is 0 Å². The number of aromatic nitrogens is 2. The van der Waals surface area contributed by atoms with E-state index in [1.165, 1.54) is 31.4 Å². The van der Waals surface area contributed by atoms with Crippen molar-refractivity contribution in [2.75, 3.05) is 7.11 Å². The zero-order chi connectivity index (χ0) is 29.6. The highest BCUT2D eigenvalue weighted by atomic mass is 19.1. The molecule has 1 fully saturated rings. The van der Waals surface area contributed by atoms with Gasteiger partial charge in [0.1, 0.15) is 28.7 Å². The summed E-state index contributed by atoms with van der Waals surface area (Å²) in [5.74, 6) is -1.91. The molecule has 42 heavy (non-hydrogen) atoms. The number of ether oxygens (including phenoxy) is 1. The molecule has 2 amide bonds. The molecule has 0 radical (unpaired) electrons. The number of benzene rings is 3. The van der Waals surface area contributed by atoms with Crippen LogP contribution in [-0.2, 0) is 12.0 Å². The molecule has 0 aliphatic heterocycles. The van der Waals surface area contributed by atoms with Gasteiger partial charge in [-0.15, -0.1) is 0 Å². The molecule has 1 aliphatic carbocycles. The molecular formula is C32H26F2N4O4. The van der Waals surface area contributed by atoms with Gasteiger partial charge in [-0.3, -0.25) is 9.59 Å². The maximum absolute atomic E-state index is 16.1. The van der Waals surface area contributed by atoms with E-state index in [4.69, 9.17) is 14.9 Å². The maximum Gasteiger partial charge on any atom is 0.255 e. The van der Waals surface area contributed by atoms with Crippen LogP contribution in [0.2, 0.25) is 0 Å². The minimum absolute atomic E-state index is 0.0527. The SMILES string of the molecule is COc1cc(C)c(Cc2ccc3oc(-c4ccc(F)cc4)c(C(N)=O)c3c2F)cc1C(=O)NC1(c2cccnn2)CC1. The van der Waals surface area contributed by atoms with Crippen molar-refractivity contribution >= 4 is 22.8 Å². The summed E-state index contributed by atoms with van der Waals surface area (Å²) in [6.45, 7) is 1.84. The number of carbonyl (C=O) groups excluding carboxylic acids is 2. The van der Waals surface area contributed by atoms with Gasteiger partial charge in [0.25, 0.3) is 11.8 Å². The summed E-state index contributed by atoms with van der Waals surface area (Å²) in [5.41, 5.74) is 8.20. The molecule has 0 saturated heterocycles. The van der Waals surface area contributed by atoms with Crippen molar-refractivity contribution in [2.24, 2.45) is 5.73 Å². The molecule has 5 aromatic rings. The molecular weight excluding hydrogens is 542 g/mol. The molecule has 0 unspecified atom stereocenters. The minimum atomic E-state index is -0.874. The standard InChI is InChI=1S/C32H26F2N4O4/c1-17-14-24(41-2)22(31(40)37-32(11-12-32)25-4-3-13-36-38-25)16-20(17)15-19-7-10-23-26(28(19)34)27(30(35)39)29(42-23)18-5-8-21(33)9-6-18/h3-10,13-14,16H,11-12,15H2,1-2H3,(H2,35,39)(H,37,40). The summed E-state index contributed by atoms with van der Waals surface area (Å²) in [7, 11) is 1.48. The number of hydrogen-bond donors (Lipinski definition) is 2. The van der Waals surface area contributed by atoms with E-state index in [1.807, 2.05) is 13.0 Å². The molecule has 0 bridgehead atoms. The van der Waals surface area contributed by atoms with Crippen molar-refractivity contribution in [2.45, 2.75) is 31.7 Å². The normalized spacial score (nSPS) is 13.6. The molecule has 2 heterocycles. The van der Waals surface area contributed by atoms with Crippen LogP contribution in [-0.4, -0.2) is 29.1 Å². The quantitative estimate of drug-likeness (QED) is 0.252. The van der Waals surface area contributed by atoms with E-state index in [9.17, 15) is 14.0 Å². The Kier molecular flexibility index (Phi) is 6.68. The van der Waals surface area contributed by atoms with Crippen LogP contribution in [0.5, 0.6) is 5.75 Å². The molecule has 6 rings (SSSR count). The number of halogens is 2. The second-order valence-electron chi connectivity index (χ2n) is 10.4. The highest BCUT2D eigenvalue weighted by Crippen LogP contribution is 2.45. The minimum Gasteiger partial charge on any atom is -0.496 e. The molecule has 3 aromatic carbocycles. The van der Waals surface area contributed by atoms with Gasteiger partial charge in [-0.05, 0) is 91.1 Å². The van der Waals surface area contributed by atoms with Crippen LogP contribution in [0.25, 0.3) is 22.3 Å². The number of furan rings is 1. The lowest BCUT2D eigenvalue weighted by molar-refractivity contribution is 0.0925. The van der Waals surface area contributed by atoms with Crippen LogP contribution in [0.15, 0.2) is 71.3 Å². The number of fused-ring (bicyclic) bond motifs is 1. The van der Waals surface area contributed by atoms with Crippen LogP contribution in [0.1, 0.15) is 55.9 Å². The van der Waals surface area contributed by atoms with Crippen LogP contribution in [0, 0.1) is 18.6 Å². The Bertz CT molecular complexity index is 1850. The summed E-state index contributed by atoms with van der Waals surface area (Å²) < 4.78 is 40.9. The largest absolute Gasteiger partial charge is 0.496 e. The topological polar surface area (TPSA) is 120 Å². The summed E-state index contributed by atoms with van der Waals surface area (Å²) in [6.07, 6.45) is 3.15. The molecule has 10 heteroatoms. The van der Waals surface area contributed by atoms with E-state index in [2.05, 4.69) is 15.5 Å². The van der Waals surface area contributed by atoms with Gasteiger partial charge in [0, 0.05) is 18.2 Å². The maximum atomic E-state index is 16.1. The van der Waals surface area contributed by atoms with E-state index in [-0.39, 0.29) is 40.2 Å². The lowest BCUT2D eigenvalue weighted by Gasteiger charge is -2.19. The number of methoxy groups -OCH3 is 1. The Morgan fingerprint density at radius 3 is 2.48 bits per heavy atom. The first-order valence-electron chi connectivity index (χ1n) is 13.3. The number of primary amides is 1. The lowest BCUT2D eigenvalue weighted by Crippen LogP contribution is -2.36. The van der Waals surface area contributed by atoms with Crippen molar-refractivity contribution in [3.63, 3.8) is 0 Å². The van der Waals surface area contributed by atoms with Gasteiger partial charge in [0.15, 0.2) is 0 Å². The second kappa shape index (κ2) is 10.4. The fourth-order valence-electron chi connectivity index (χ4n) is 5.25. The highest BCUT2D eigenvalue weighted by molar-refractivity contribution is 6.11. The summed E-state index contributed by atoms with van der Waals surface area (Å²) in [4.78, 5) is 26.0. The molecule has 212 valence electrons. The fourth-order valence-corrected chi connectivity index (χ4v) is 5.25. The monoisotopic (exact) mass is 568 g/mol. The van der Waals surface area contributed by atoms with Gasteiger partial charge in [-0.2, -0.15) is 10.2 Å². The molecule has 8 nitrogen and oxygen atoms in total. The van der Waals surface area contributed by atoms with Crippen molar-refractivity contribution < 1.29 is 27.5 Å². The number of nitrogens with one attached hydrogen (secondary N) is 1. The third-order valence-electron chi connectivity index (χ3n) is 7.67. The van der Waals surface area contributed by atoms with Crippen LogP contribution in [0.4, 0.5) is 8.78 Å². The van der Waals surface area contributed by atoms with Crippen molar-refractivity contribution in [3.05, 3.63) is 112 Å². The van der Waals surface area contributed by atoms with Crippen molar-refractivity contribution in [1.29, 1.82) is 0 Å². The number of rotatable bonds is 8. The highest BCUT2D eigenvalue weighted by Gasteiger charge is 2.47. The first kappa shape index (κ1) is 27.1. The Labute approximate surface area is 239 Å². The number of amides is 2. The van der Waals surface area contributed by atoms with Gasteiger partial charge >= 0.3 is 0 Å². The molecule has 0 spiro atoms. The summed E-state index contributed by atoms with van der Waals surface area (Å²) >= 11 is 0. The number of aryl methyl sites for hydroxylation is 1. The Morgan fingerprint density at radius 1 is 1.07 bits per heavy atom. The summed E-state index contributed by atoms with van der Waals surface area (Å²) in [5, 5.41) is 11.1. The van der Waals surface area contributed by atoms with E-state index < -0.39 is 23.1 Å². The Hall–Kier alpha value is -5.12. The third kappa shape index (κ3) is 4.74. The van der Waals surface area contributed by atoms with Gasteiger partial charge in [-0.25, -0.2) is 8.78 Å². The first-order chi connectivity index (χ1) is 20.2. The molecule has 0 atom stereocenters. The third-order valence-corrected chi connectivity index (χ3v) is 7.67. The number of nitrogens with zero attached hydrogens (tertiary/aromatic N) is 2. The molecule has 3 N–H and O–H groups in total. The second-order valence-corrected chi connectivity index (χ2v) is 10.4. The van der Waals surface area contributed by atoms with E-state index in [0.717, 1.165) is 18.4 Å². The van der Waals surface area contributed by atoms with Gasteiger partial charge in [0.05, 0.1) is 34.9 Å². The van der Waals surface area contributed by atoms with Crippen molar-refractivity contribution in [3.8, 4) is 17.1 Å². The van der Waals surface area contributed by atoms with Gasteiger partial charge < -0.3 is 20.2 Å². The van der Waals surface area contributed by atoms with Crippen molar-refractivity contribution in [1.82, 2.24) is 15.5 Å². The first-order valence-corrected chi connectivity index (χ1v) is 13.3. The molecule has 1 aliphatic rings. The average molecular weight is 569 g/mol. The van der Waals surface area contributed by atoms with Crippen LogP contribution < -0.4 is 15.8 Å². The van der Waals surface area contributed by atoms with E-state index in [0.29, 0.717) is 28.1 Å². The zero-order valence-corrected chi connectivity index (χ0v) is 22.8. The number of hydrogen-bond acceptors (Lipinski definition) is 6. The Morgan fingerprint density at radius 2 is 1.83 bits per heavy atom.